The molecule has 0 saturated carbocycles. The first kappa shape index (κ1) is 32.3. The van der Waals surface area contributed by atoms with Crippen LogP contribution >= 0.6 is 11.8 Å². The van der Waals surface area contributed by atoms with Crippen molar-refractivity contribution >= 4 is 23.4 Å². The van der Waals surface area contributed by atoms with Gasteiger partial charge in [0.1, 0.15) is 40.7 Å². The summed E-state index contributed by atoms with van der Waals surface area (Å²) in [5, 5.41) is 51.0. The van der Waals surface area contributed by atoms with E-state index in [-0.39, 0.29) is 43.9 Å². The number of nitrogens with zero attached hydrogens (tertiary/aromatic N) is 4. The predicted molar refractivity (Wildman–Crippen MR) is 153 cm³/mol. The summed E-state index contributed by atoms with van der Waals surface area (Å²) in [6.45, 7) is 1.83. The minimum Gasteiger partial charge on any atom is -0.394 e. The van der Waals surface area contributed by atoms with E-state index < -0.39 is 70.6 Å². The summed E-state index contributed by atoms with van der Waals surface area (Å²) in [7, 11) is 0. The number of benzene rings is 2. The fourth-order valence-electron chi connectivity index (χ4n) is 5.50. The highest BCUT2D eigenvalue weighted by Gasteiger charge is 2.52. The van der Waals surface area contributed by atoms with Crippen LogP contribution in [0.25, 0.3) is 11.3 Å². The topological polar surface area (TPSA) is 150 Å². The Morgan fingerprint density at radius 3 is 2.41 bits per heavy atom. The van der Waals surface area contributed by atoms with Gasteiger partial charge in [-0.25, -0.2) is 17.9 Å². The van der Waals surface area contributed by atoms with Gasteiger partial charge in [-0.3, -0.25) is 4.79 Å². The lowest BCUT2D eigenvalue weighted by Gasteiger charge is -2.45. The number of anilines is 1. The molecule has 4 N–H and O–H groups in total. The molecule has 44 heavy (non-hydrogen) atoms. The van der Waals surface area contributed by atoms with E-state index in [0.717, 1.165) is 28.6 Å². The Balaban J connectivity index is 1.47. The molecule has 0 bridgehead atoms. The van der Waals surface area contributed by atoms with Crippen molar-refractivity contribution in [2.75, 3.05) is 31.3 Å². The third-order valence-electron chi connectivity index (χ3n) is 7.94. The Morgan fingerprint density at radius 2 is 1.80 bits per heavy atom. The third kappa shape index (κ3) is 6.36. The summed E-state index contributed by atoms with van der Waals surface area (Å²) in [6, 6.07) is 9.06. The normalized spacial score (nSPS) is 25.9. The Kier molecular flexibility index (Phi) is 9.94. The Morgan fingerprint density at radius 1 is 1.14 bits per heavy atom. The van der Waals surface area contributed by atoms with E-state index in [1.807, 2.05) is 6.07 Å². The first-order valence-corrected chi connectivity index (χ1v) is 15.0. The average Bonchev–Trinajstić information content (AvgIpc) is 3.50. The SMILES string of the molecule is CCN(C(=O)[C@@H](S[C@@H]1O[C@H](CO)[C@H](O)[C@H](n2cc(-c3cc(F)c(F)c(F)c3)nn2)[C@H]1O)C1(O)CCOCC1)c1ccccc1. The standard InChI is InChI=1S/C29H33F3N4O7S/c1-2-35(17-6-4-3-5-7-17)27(40)26(29(41)8-10-42-11-9-29)44-28-25(39)23(24(38)21(15-37)43-28)36-14-20(33-34-36)16-12-18(30)22(32)19(31)13-16/h3-7,12-14,21,23-26,28,37-39,41H,2,8-11,15H2,1H3/t21-,23+,24+,25-,26-,28+/m1/s1. The number of thioether (sulfide) groups is 1. The third-order valence-corrected chi connectivity index (χ3v) is 9.51. The molecule has 2 saturated heterocycles. The van der Waals surface area contributed by atoms with Crippen molar-refractivity contribution in [3.8, 4) is 11.3 Å². The highest BCUT2D eigenvalue weighted by Crippen LogP contribution is 2.42. The van der Waals surface area contributed by atoms with Crippen molar-refractivity contribution in [1.29, 1.82) is 0 Å². The number of amides is 1. The molecule has 1 amide bonds. The van der Waals surface area contributed by atoms with E-state index in [2.05, 4.69) is 10.3 Å². The summed E-state index contributed by atoms with van der Waals surface area (Å²) in [4.78, 5) is 15.6. The van der Waals surface area contributed by atoms with Crippen LogP contribution in [0.4, 0.5) is 18.9 Å². The molecular weight excluding hydrogens is 605 g/mol. The van der Waals surface area contributed by atoms with Gasteiger partial charge < -0.3 is 34.8 Å². The van der Waals surface area contributed by atoms with Gasteiger partial charge in [0.25, 0.3) is 0 Å². The zero-order chi connectivity index (χ0) is 31.6. The number of halogens is 3. The van der Waals surface area contributed by atoms with Crippen molar-refractivity contribution in [3.05, 3.63) is 66.1 Å². The van der Waals surface area contributed by atoms with E-state index in [1.54, 1.807) is 31.2 Å². The maximum absolute atomic E-state index is 14.1. The van der Waals surface area contributed by atoms with Crippen LogP contribution in [0.5, 0.6) is 0 Å². The quantitative estimate of drug-likeness (QED) is 0.257. The van der Waals surface area contributed by atoms with Crippen molar-refractivity contribution in [2.45, 2.75) is 60.4 Å². The summed E-state index contributed by atoms with van der Waals surface area (Å²) < 4.78 is 53.6. The maximum atomic E-state index is 14.1. The van der Waals surface area contributed by atoms with Crippen molar-refractivity contribution in [2.24, 2.45) is 0 Å². The molecule has 1 aromatic heterocycles. The highest BCUT2D eigenvalue weighted by atomic mass is 32.2. The predicted octanol–water partition coefficient (Wildman–Crippen LogP) is 2.04. The largest absolute Gasteiger partial charge is 0.394 e. The molecule has 11 nitrogen and oxygen atoms in total. The van der Waals surface area contributed by atoms with Gasteiger partial charge in [0, 0.05) is 43.9 Å². The second kappa shape index (κ2) is 13.5. The van der Waals surface area contributed by atoms with Crippen LogP contribution in [0, 0.1) is 17.5 Å². The number of carbonyl (C=O) groups is 1. The molecule has 2 fully saturated rings. The lowest BCUT2D eigenvalue weighted by atomic mass is 9.89. The summed E-state index contributed by atoms with van der Waals surface area (Å²) >= 11 is 0.860. The first-order valence-electron chi connectivity index (χ1n) is 14.1. The number of hydrogen-bond acceptors (Lipinski definition) is 10. The summed E-state index contributed by atoms with van der Waals surface area (Å²) in [5.41, 5.74) is -2.41. The number of ether oxygens (including phenoxy) is 2. The molecule has 6 atom stereocenters. The van der Waals surface area contributed by atoms with E-state index in [9.17, 15) is 38.4 Å². The van der Waals surface area contributed by atoms with Crippen LogP contribution in [0.1, 0.15) is 25.8 Å². The van der Waals surface area contributed by atoms with Gasteiger partial charge in [0.15, 0.2) is 17.5 Å². The molecule has 3 heterocycles. The molecule has 2 aliphatic heterocycles. The molecule has 3 aromatic rings. The minimum absolute atomic E-state index is 0.0792. The fourth-order valence-corrected chi connectivity index (χ4v) is 7.03. The fraction of sp³-hybridized carbons (Fsp3) is 0.483. The molecular formula is C29H33F3N4O7S. The molecule has 5 rings (SSSR count). The Hall–Kier alpha value is -3.05. The number of para-hydroxylation sites is 1. The van der Waals surface area contributed by atoms with Crippen LogP contribution in [0.2, 0.25) is 0 Å². The number of carbonyl (C=O) groups excluding carboxylic acids is 1. The van der Waals surface area contributed by atoms with Gasteiger partial charge in [-0.2, -0.15) is 0 Å². The van der Waals surface area contributed by atoms with Crippen molar-refractivity contribution < 1.29 is 47.9 Å². The van der Waals surface area contributed by atoms with Crippen molar-refractivity contribution in [3.63, 3.8) is 0 Å². The van der Waals surface area contributed by atoms with E-state index in [1.165, 1.54) is 11.1 Å². The van der Waals surface area contributed by atoms with Gasteiger partial charge in [-0.1, -0.05) is 23.4 Å². The van der Waals surface area contributed by atoms with Crippen LogP contribution < -0.4 is 4.90 Å². The number of rotatable bonds is 9. The van der Waals surface area contributed by atoms with E-state index in [4.69, 9.17) is 9.47 Å². The monoisotopic (exact) mass is 638 g/mol. The molecule has 2 aliphatic rings. The second-order valence-corrected chi connectivity index (χ2v) is 11.9. The Bertz CT molecular complexity index is 1420. The zero-order valence-corrected chi connectivity index (χ0v) is 24.5. The zero-order valence-electron chi connectivity index (χ0n) is 23.7. The highest BCUT2D eigenvalue weighted by molar-refractivity contribution is 8.01. The molecule has 2 aromatic carbocycles. The molecule has 15 heteroatoms. The molecule has 0 spiro atoms. The Labute approximate surface area is 255 Å². The lowest BCUT2D eigenvalue weighted by molar-refractivity contribution is -0.179. The van der Waals surface area contributed by atoms with Gasteiger partial charge >= 0.3 is 0 Å². The second-order valence-electron chi connectivity index (χ2n) is 10.7. The molecule has 0 radical (unpaired) electrons. The summed E-state index contributed by atoms with van der Waals surface area (Å²) in [6.07, 6.45) is -2.87. The van der Waals surface area contributed by atoms with Crippen LogP contribution in [-0.4, -0.2) is 102 Å². The maximum Gasteiger partial charge on any atom is 0.243 e. The minimum atomic E-state index is -1.65. The number of aromatic nitrogens is 3. The molecule has 0 aliphatic carbocycles. The van der Waals surface area contributed by atoms with Gasteiger partial charge in [-0.05, 0) is 31.2 Å². The smallest absolute Gasteiger partial charge is 0.243 e. The van der Waals surface area contributed by atoms with Crippen LogP contribution in [-0.2, 0) is 14.3 Å². The molecule has 238 valence electrons. The van der Waals surface area contributed by atoms with E-state index in [0.29, 0.717) is 5.69 Å². The lowest BCUT2D eigenvalue weighted by Crippen LogP contribution is -2.58. The van der Waals surface area contributed by atoms with E-state index >= 15 is 0 Å². The van der Waals surface area contributed by atoms with Gasteiger partial charge in [-0.15, -0.1) is 16.9 Å². The average molecular weight is 639 g/mol. The van der Waals surface area contributed by atoms with Crippen molar-refractivity contribution in [1.82, 2.24) is 15.0 Å². The first-order chi connectivity index (χ1) is 21.1. The summed E-state index contributed by atoms with van der Waals surface area (Å²) in [5.74, 6) is -4.95. The van der Waals surface area contributed by atoms with Gasteiger partial charge in [0.2, 0.25) is 5.91 Å². The van der Waals surface area contributed by atoms with Crippen LogP contribution in [0.3, 0.4) is 0 Å². The van der Waals surface area contributed by atoms with Gasteiger partial charge in [0.05, 0.1) is 18.4 Å². The number of aliphatic hydroxyl groups excluding tert-OH is 3. The number of hydrogen-bond donors (Lipinski definition) is 4. The van der Waals surface area contributed by atoms with Crippen LogP contribution in [0.15, 0.2) is 48.7 Å². The molecule has 0 unspecified atom stereocenters. The number of aliphatic hydroxyl groups is 4.